The molecule has 49 heavy (non-hydrogen) atoms. The van der Waals surface area contributed by atoms with E-state index in [-0.39, 0.29) is 0 Å². The van der Waals surface area contributed by atoms with Gasteiger partial charge in [0.1, 0.15) is 11.5 Å². The molecular weight excluding hydrogens is 615 g/mol. The number of benzene rings is 8. The Balaban J connectivity index is 1.21. The molecule has 9 aromatic rings. The molecule has 10 rings (SSSR count). The lowest BCUT2D eigenvalue weighted by molar-refractivity contribution is 0.488. The zero-order valence-electron chi connectivity index (χ0n) is 26.5. The fourth-order valence-electron chi connectivity index (χ4n) is 7.46. The van der Waals surface area contributed by atoms with Crippen molar-refractivity contribution in [1.82, 2.24) is 0 Å². The van der Waals surface area contributed by atoms with E-state index in [0.717, 1.165) is 39.4 Å². The molecule has 0 amide bonds. The third-order valence-electron chi connectivity index (χ3n) is 9.65. The highest BCUT2D eigenvalue weighted by atomic mass is 32.1. The highest BCUT2D eigenvalue weighted by molar-refractivity contribution is 7.26. The van der Waals surface area contributed by atoms with E-state index in [1.165, 1.54) is 53.5 Å². The summed E-state index contributed by atoms with van der Waals surface area (Å²) in [4.78, 5) is 2.43. The minimum absolute atomic E-state index is 0.875. The van der Waals surface area contributed by atoms with Crippen LogP contribution in [-0.2, 0) is 0 Å². The molecule has 0 fully saturated rings. The summed E-state index contributed by atoms with van der Waals surface area (Å²) in [6.45, 7) is 0. The molecule has 1 aliphatic rings. The van der Waals surface area contributed by atoms with Gasteiger partial charge in [-0.3, -0.25) is 0 Å². The van der Waals surface area contributed by atoms with Crippen molar-refractivity contribution in [2.24, 2.45) is 0 Å². The van der Waals surface area contributed by atoms with Crippen LogP contribution in [0.2, 0.25) is 0 Å². The van der Waals surface area contributed by atoms with Gasteiger partial charge in [-0.2, -0.15) is 0 Å². The van der Waals surface area contributed by atoms with Crippen LogP contribution in [0.4, 0.5) is 17.1 Å². The van der Waals surface area contributed by atoms with Gasteiger partial charge in [0.15, 0.2) is 0 Å². The lowest BCUT2D eigenvalue weighted by Gasteiger charge is -2.27. The molecule has 8 aromatic carbocycles. The van der Waals surface area contributed by atoms with E-state index in [2.05, 4.69) is 175 Å². The van der Waals surface area contributed by atoms with Gasteiger partial charge in [-0.25, -0.2) is 0 Å². The highest BCUT2D eigenvalue weighted by Gasteiger charge is 2.24. The van der Waals surface area contributed by atoms with Gasteiger partial charge in [-0.1, -0.05) is 121 Å². The Morgan fingerprint density at radius 1 is 0.429 bits per heavy atom. The Kier molecular flexibility index (Phi) is 6.39. The first-order valence-corrected chi connectivity index (χ1v) is 17.4. The second-order valence-corrected chi connectivity index (χ2v) is 13.6. The van der Waals surface area contributed by atoms with E-state index in [4.69, 9.17) is 4.74 Å². The predicted molar refractivity (Wildman–Crippen MR) is 208 cm³/mol. The largest absolute Gasteiger partial charge is 0.456 e. The van der Waals surface area contributed by atoms with Gasteiger partial charge >= 0.3 is 0 Å². The van der Waals surface area contributed by atoms with Crippen molar-refractivity contribution in [3.8, 4) is 44.9 Å². The van der Waals surface area contributed by atoms with Crippen molar-refractivity contribution in [2.75, 3.05) is 4.90 Å². The maximum absolute atomic E-state index is 6.64. The molecule has 0 saturated carbocycles. The predicted octanol–water partition coefficient (Wildman–Crippen LogP) is 13.8. The Labute approximate surface area is 288 Å². The van der Waals surface area contributed by atoms with Crippen LogP contribution in [0.15, 0.2) is 176 Å². The van der Waals surface area contributed by atoms with Crippen LogP contribution in [0.5, 0.6) is 11.5 Å². The third kappa shape index (κ3) is 4.55. The molecule has 0 saturated heterocycles. The number of rotatable bonds is 4. The summed E-state index contributed by atoms with van der Waals surface area (Å²) < 4.78 is 9.21. The minimum atomic E-state index is 0.875. The van der Waals surface area contributed by atoms with Gasteiger partial charge in [0, 0.05) is 42.7 Å². The Bertz CT molecular complexity index is 2710. The summed E-state index contributed by atoms with van der Waals surface area (Å²) in [6.07, 6.45) is 0. The lowest BCUT2D eigenvalue weighted by Crippen LogP contribution is -2.10. The maximum atomic E-state index is 6.64. The third-order valence-corrected chi connectivity index (χ3v) is 10.8. The molecule has 0 spiro atoms. The first-order valence-electron chi connectivity index (χ1n) is 16.6. The van der Waals surface area contributed by atoms with Gasteiger partial charge in [-0.15, -0.1) is 11.3 Å². The molecule has 0 atom stereocenters. The van der Waals surface area contributed by atoms with Crippen LogP contribution in [0.3, 0.4) is 0 Å². The molecule has 0 unspecified atom stereocenters. The number of nitrogens with zero attached hydrogens (tertiary/aromatic N) is 1. The zero-order valence-corrected chi connectivity index (χ0v) is 27.3. The summed E-state index contributed by atoms with van der Waals surface area (Å²) in [5, 5.41) is 4.88. The topological polar surface area (TPSA) is 12.5 Å². The van der Waals surface area contributed by atoms with E-state index in [1.54, 1.807) is 0 Å². The number of thiophene rings is 1. The number of ether oxygens (including phenoxy) is 1. The van der Waals surface area contributed by atoms with Crippen LogP contribution in [0.1, 0.15) is 0 Å². The normalized spacial score (nSPS) is 11.8. The number of anilines is 3. The minimum Gasteiger partial charge on any atom is -0.456 e. The summed E-state index contributed by atoms with van der Waals surface area (Å²) in [6, 6.07) is 63.2. The molecule has 1 aliphatic heterocycles. The van der Waals surface area contributed by atoms with E-state index in [9.17, 15) is 0 Å². The van der Waals surface area contributed by atoms with Crippen molar-refractivity contribution < 1.29 is 4.74 Å². The van der Waals surface area contributed by atoms with Crippen molar-refractivity contribution in [2.45, 2.75) is 0 Å². The second-order valence-electron chi connectivity index (χ2n) is 12.5. The van der Waals surface area contributed by atoms with Crippen LogP contribution in [0, 0.1) is 0 Å². The summed E-state index contributed by atoms with van der Waals surface area (Å²) >= 11 is 1.85. The van der Waals surface area contributed by atoms with Crippen molar-refractivity contribution >= 4 is 59.3 Å². The monoisotopic (exact) mass is 643 g/mol. The standard InChI is InChI=1S/C46H29NOS/c1-2-12-30(13-3-1)31-14-10-15-33(28-31)47(40-20-11-23-44-46(40)39-19-7-9-22-43(39)49-44)34-25-26-35-32(29-34)24-27-42-45(35)38-18-5-4-16-36(38)37-17-6-8-21-41(37)48-42/h1-29H. The van der Waals surface area contributed by atoms with Crippen LogP contribution >= 0.6 is 11.3 Å². The van der Waals surface area contributed by atoms with Gasteiger partial charge < -0.3 is 9.64 Å². The smallest absolute Gasteiger partial charge is 0.135 e. The molecule has 0 radical (unpaired) electrons. The highest BCUT2D eigenvalue weighted by Crippen LogP contribution is 2.51. The maximum Gasteiger partial charge on any atom is 0.135 e. The van der Waals surface area contributed by atoms with Crippen LogP contribution in [-0.4, -0.2) is 0 Å². The van der Waals surface area contributed by atoms with Crippen LogP contribution < -0.4 is 9.64 Å². The summed E-state index contributed by atoms with van der Waals surface area (Å²) in [5.41, 5.74) is 10.4. The molecule has 0 bridgehead atoms. The van der Waals surface area contributed by atoms with E-state index < -0.39 is 0 Å². The van der Waals surface area contributed by atoms with Crippen molar-refractivity contribution in [3.05, 3.63) is 176 Å². The molecule has 2 nitrogen and oxygen atoms in total. The fourth-order valence-corrected chi connectivity index (χ4v) is 8.58. The average Bonchev–Trinajstić information content (AvgIpc) is 3.48. The van der Waals surface area contributed by atoms with Crippen molar-refractivity contribution in [1.29, 1.82) is 0 Å². The average molecular weight is 644 g/mol. The van der Waals surface area contributed by atoms with Crippen LogP contribution in [0.25, 0.3) is 64.3 Å². The fraction of sp³-hybridized carbons (Fsp3) is 0. The van der Waals surface area contributed by atoms with Gasteiger partial charge in [-0.05, 0) is 87.6 Å². The number of hydrogen-bond acceptors (Lipinski definition) is 3. The molecule has 0 aliphatic carbocycles. The zero-order chi connectivity index (χ0) is 32.3. The molecular formula is C46H29NOS. The summed E-state index contributed by atoms with van der Waals surface area (Å²) in [7, 11) is 0. The van der Waals surface area contributed by atoms with E-state index in [0.29, 0.717) is 0 Å². The van der Waals surface area contributed by atoms with Gasteiger partial charge in [0.2, 0.25) is 0 Å². The second kappa shape index (κ2) is 11.2. The van der Waals surface area contributed by atoms with Gasteiger partial charge in [0.05, 0.1) is 5.69 Å². The number of para-hydroxylation sites is 1. The first kappa shape index (κ1) is 27.9. The Morgan fingerprint density at radius 2 is 1.14 bits per heavy atom. The van der Waals surface area contributed by atoms with E-state index >= 15 is 0 Å². The van der Waals surface area contributed by atoms with Crippen molar-refractivity contribution in [3.63, 3.8) is 0 Å². The molecule has 2 heterocycles. The number of fused-ring (bicyclic) bond motifs is 10. The van der Waals surface area contributed by atoms with E-state index in [1.807, 2.05) is 17.4 Å². The number of hydrogen-bond donors (Lipinski definition) is 0. The lowest BCUT2D eigenvalue weighted by atomic mass is 9.91. The SMILES string of the molecule is c1ccc(-c2cccc(N(c3ccc4c5c(ccc4c3)Oc3ccccc3-c3ccccc3-5)c3cccc4sc5ccccc5c34)c2)cc1. The first-order chi connectivity index (χ1) is 24.3. The molecule has 230 valence electrons. The quantitative estimate of drug-likeness (QED) is 0.189. The summed E-state index contributed by atoms with van der Waals surface area (Å²) in [5.74, 6) is 1.75. The molecule has 3 heteroatoms. The van der Waals surface area contributed by atoms with Gasteiger partial charge in [0.25, 0.3) is 0 Å². The Hall–Kier alpha value is -6.16. The molecule has 0 N–H and O–H groups in total. The molecule has 1 aromatic heterocycles. The Morgan fingerprint density at radius 3 is 2.06 bits per heavy atom.